The molecule has 2 rings (SSSR count). The molecule has 1 aliphatic heterocycles. The molecule has 1 unspecified atom stereocenters. The first-order valence-electron chi connectivity index (χ1n) is 6.89. The van der Waals surface area contributed by atoms with E-state index in [1.165, 1.54) is 0 Å². The second kappa shape index (κ2) is 6.52. The summed E-state index contributed by atoms with van der Waals surface area (Å²) in [6.07, 6.45) is 2.08. The molecule has 0 radical (unpaired) electrons. The zero-order valence-electron chi connectivity index (χ0n) is 11.4. The summed E-state index contributed by atoms with van der Waals surface area (Å²) >= 11 is 0. The molecule has 20 heavy (non-hydrogen) atoms. The first kappa shape index (κ1) is 14.5. The molecule has 2 atom stereocenters. The Hall–Kier alpha value is -1.88. The molecular weight excluding hydrogens is 256 g/mol. The van der Waals surface area contributed by atoms with E-state index in [4.69, 9.17) is 10.8 Å². The largest absolute Gasteiger partial charge is 0.481 e. The molecule has 0 saturated carbocycles. The van der Waals surface area contributed by atoms with Crippen LogP contribution in [0.4, 0.5) is 0 Å². The number of nitrogens with two attached hydrogens (primary N) is 1. The zero-order valence-corrected chi connectivity index (χ0v) is 11.4. The number of carbonyl (C=O) groups is 2. The molecule has 0 aromatic heterocycles. The predicted molar refractivity (Wildman–Crippen MR) is 75.1 cm³/mol. The van der Waals surface area contributed by atoms with Crippen molar-refractivity contribution in [2.45, 2.75) is 37.8 Å². The van der Waals surface area contributed by atoms with Crippen molar-refractivity contribution in [3.63, 3.8) is 0 Å². The Kier molecular flexibility index (Phi) is 4.74. The summed E-state index contributed by atoms with van der Waals surface area (Å²) in [7, 11) is 0. The number of aliphatic carboxylic acids is 1. The molecule has 0 bridgehead atoms. The average Bonchev–Trinajstić information content (AvgIpc) is 2.86. The maximum Gasteiger partial charge on any atom is 0.305 e. The molecule has 1 aliphatic rings. The van der Waals surface area contributed by atoms with Crippen LogP contribution in [0.5, 0.6) is 0 Å². The molecule has 5 heteroatoms. The Balaban J connectivity index is 1.97. The zero-order chi connectivity index (χ0) is 14.5. The summed E-state index contributed by atoms with van der Waals surface area (Å²) in [5.74, 6) is -1.01. The molecule has 1 fully saturated rings. The van der Waals surface area contributed by atoms with Crippen molar-refractivity contribution in [3.05, 3.63) is 35.9 Å². The summed E-state index contributed by atoms with van der Waals surface area (Å²) in [6.45, 7) is 0.610. The number of benzene rings is 1. The summed E-state index contributed by atoms with van der Waals surface area (Å²) in [6, 6.07) is 8.80. The van der Waals surface area contributed by atoms with Gasteiger partial charge in [0.1, 0.15) is 0 Å². The number of carboxylic acids is 1. The van der Waals surface area contributed by atoms with Crippen molar-refractivity contribution in [2.24, 2.45) is 5.73 Å². The Morgan fingerprint density at radius 2 is 2.05 bits per heavy atom. The van der Waals surface area contributed by atoms with Gasteiger partial charge < -0.3 is 15.7 Å². The minimum absolute atomic E-state index is 0.00377. The lowest BCUT2D eigenvalue weighted by atomic mass is 10.0. The third-order valence-electron chi connectivity index (χ3n) is 3.69. The maximum absolute atomic E-state index is 12.3. The highest BCUT2D eigenvalue weighted by Crippen LogP contribution is 2.21. The summed E-state index contributed by atoms with van der Waals surface area (Å²) in [5.41, 5.74) is 7.00. The molecule has 1 aromatic rings. The average molecular weight is 276 g/mol. The Bertz CT molecular complexity index is 475. The normalized spacial score (nSPS) is 19.9. The number of amides is 1. The number of carboxylic acid groups (broad SMARTS) is 1. The molecular formula is C15H20N2O3. The summed E-state index contributed by atoms with van der Waals surface area (Å²) in [4.78, 5) is 24.8. The van der Waals surface area contributed by atoms with Gasteiger partial charge in [-0.25, -0.2) is 0 Å². The van der Waals surface area contributed by atoms with Crippen molar-refractivity contribution in [1.29, 1.82) is 0 Å². The molecule has 1 aromatic carbocycles. The number of rotatable bonds is 5. The van der Waals surface area contributed by atoms with Crippen molar-refractivity contribution in [1.82, 2.24) is 4.90 Å². The second-order valence-corrected chi connectivity index (χ2v) is 5.22. The molecule has 0 aliphatic carbocycles. The summed E-state index contributed by atoms with van der Waals surface area (Å²) in [5, 5.41) is 8.88. The molecule has 1 amide bonds. The van der Waals surface area contributed by atoms with Crippen LogP contribution >= 0.6 is 0 Å². The highest BCUT2D eigenvalue weighted by Gasteiger charge is 2.32. The van der Waals surface area contributed by atoms with E-state index in [1.807, 2.05) is 30.3 Å². The standard InChI is InChI=1S/C15H20N2O3/c16-13(9-11-5-2-1-3-6-11)15(20)17-8-4-7-12(17)10-14(18)19/h1-3,5-6,12-13H,4,7-10,16H2,(H,18,19)/t12?,13-/m1/s1. The second-order valence-electron chi connectivity index (χ2n) is 5.22. The summed E-state index contributed by atoms with van der Waals surface area (Å²) < 4.78 is 0. The number of nitrogens with zero attached hydrogens (tertiary/aromatic N) is 1. The monoisotopic (exact) mass is 276 g/mol. The van der Waals surface area contributed by atoms with Gasteiger partial charge >= 0.3 is 5.97 Å². The third-order valence-corrected chi connectivity index (χ3v) is 3.69. The fraction of sp³-hybridized carbons (Fsp3) is 0.467. The van der Waals surface area contributed by atoms with Gasteiger partial charge in [0.25, 0.3) is 0 Å². The fourth-order valence-corrected chi connectivity index (χ4v) is 2.71. The van der Waals surface area contributed by atoms with E-state index in [0.29, 0.717) is 13.0 Å². The first-order chi connectivity index (χ1) is 9.58. The van der Waals surface area contributed by atoms with E-state index < -0.39 is 12.0 Å². The van der Waals surface area contributed by atoms with E-state index in [2.05, 4.69) is 0 Å². The van der Waals surface area contributed by atoms with E-state index >= 15 is 0 Å². The van der Waals surface area contributed by atoms with Crippen molar-refractivity contribution in [3.8, 4) is 0 Å². The molecule has 1 heterocycles. The van der Waals surface area contributed by atoms with Crippen LogP contribution in [0.15, 0.2) is 30.3 Å². The molecule has 1 saturated heterocycles. The quantitative estimate of drug-likeness (QED) is 0.841. The van der Waals surface area contributed by atoms with Crippen LogP contribution in [0.3, 0.4) is 0 Å². The molecule has 0 spiro atoms. The van der Waals surface area contributed by atoms with Crippen LogP contribution in [0.1, 0.15) is 24.8 Å². The highest BCUT2D eigenvalue weighted by atomic mass is 16.4. The van der Waals surface area contributed by atoms with Crippen LogP contribution in [-0.4, -0.2) is 40.5 Å². The number of likely N-dealkylation sites (tertiary alicyclic amines) is 1. The lowest BCUT2D eigenvalue weighted by Crippen LogP contribution is -2.47. The van der Waals surface area contributed by atoms with Crippen molar-refractivity contribution < 1.29 is 14.7 Å². The van der Waals surface area contributed by atoms with E-state index in [9.17, 15) is 9.59 Å². The van der Waals surface area contributed by atoms with Gasteiger partial charge in [-0.05, 0) is 24.8 Å². The van der Waals surface area contributed by atoms with Gasteiger partial charge in [0.2, 0.25) is 5.91 Å². The minimum atomic E-state index is -0.869. The first-order valence-corrected chi connectivity index (χ1v) is 6.89. The van der Waals surface area contributed by atoms with Gasteiger partial charge in [-0.15, -0.1) is 0 Å². The smallest absolute Gasteiger partial charge is 0.305 e. The van der Waals surface area contributed by atoms with Crippen LogP contribution in [0, 0.1) is 0 Å². The van der Waals surface area contributed by atoms with Gasteiger partial charge in [0.05, 0.1) is 12.5 Å². The van der Waals surface area contributed by atoms with E-state index in [1.54, 1.807) is 4.90 Å². The molecule has 3 N–H and O–H groups in total. The van der Waals surface area contributed by atoms with Gasteiger partial charge in [0, 0.05) is 12.6 Å². The van der Waals surface area contributed by atoms with E-state index in [-0.39, 0.29) is 18.4 Å². The highest BCUT2D eigenvalue weighted by molar-refractivity contribution is 5.83. The van der Waals surface area contributed by atoms with Crippen LogP contribution < -0.4 is 5.73 Å². The third kappa shape index (κ3) is 3.57. The predicted octanol–water partition coefficient (Wildman–Crippen LogP) is 1.02. The number of hydrogen-bond acceptors (Lipinski definition) is 3. The molecule has 108 valence electrons. The van der Waals surface area contributed by atoms with Gasteiger partial charge in [-0.1, -0.05) is 30.3 Å². The minimum Gasteiger partial charge on any atom is -0.481 e. The SMILES string of the molecule is N[C@H](Cc1ccccc1)C(=O)N1CCCC1CC(=O)O. The van der Waals surface area contributed by atoms with Crippen LogP contribution in [0.25, 0.3) is 0 Å². The van der Waals surface area contributed by atoms with Crippen molar-refractivity contribution >= 4 is 11.9 Å². The maximum atomic E-state index is 12.3. The number of hydrogen-bond donors (Lipinski definition) is 2. The topological polar surface area (TPSA) is 83.6 Å². The van der Waals surface area contributed by atoms with Gasteiger partial charge in [-0.2, -0.15) is 0 Å². The Morgan fingerprint density at radius 1 is 1.35 bits per heavy atom. The Labute approximate surface area is 118 Å². The van der Waals surface area contributed by atoms with Crippen LogP contribution in [0.2, 0.25) is 0 Å². The van der Waals surface area contributed by atoms with Crippen molar-refractivity contribution in [2.75, 3.05) is 6.54 Å². The lowest BCUT2D eigenvalue weighted by Gasteiger charge is -2.26. The van der Waals surface area contributed by atoms with E-state index in [0.717, 1.165) is 18.4 Å². The van der Waals surface area contributed by atoms with Crippen LogP contribution in [-0.2, 0) is 16.0 Å². The molecule has 5 nitrogen and oxygen atoms in total. The number of carbonyl (C=O) groups excluding carboxylic acids is 1. The Morgan fingerprint density at radius 3 is 2.70 bits per heavy atom. The van der Waals surface area contributed by atoms with Gasteiger partial charge in [0.15, 0.2) is 0 Å². The van der Waals surface area contributed by atoms with Gasteiger partial charge in [-0.3, -0.25) is 9.59 Å². The fourth-order valence-electron chi connectivity index (χ4n) is 2.71. The lowest BCUT2D eigenvalue weighted by molar-refractivity contribution is -0.140.